The molecule has 0 radical (unpaired) electrons. The van der Waals surface area contributed by atoms with E-state index in [2.05, 4.69) is 5.32 Å². The number of benzene rings is 2. The van der Waals surface area contributed by atoms with Crippen molar-refractivity contribution in [3.63, 3.8) is 0 Å². The van der Waals surface area contributed by atoms with Gasteiger partial charge < -0.3 is 5.32 Å². The van der Waals surface area contributed by atoms with Gasteiger partial charge in [0.15, 0.2) is 5.82 Å². The van der Waals surface area contributed by atoms with E-state index < -0.39 is 10.7 Å². The minimum atomic E-state index is -0.686. The number of halogens is 2. The highest BCUT2D eigenvalue weighted by Crippen LogP contribution is 2.38. The van der Waals surface area contributed by atoms with Crippen LogP contribution >= 0.6 is 0 Å². The molecular formula is C15H12F2N2O2. The summed E-state index contributed by atoms with van der Waals surface area (Å²) in [5, 5.41) is 13.8. The third-order valence-corrected chi connectivity index (χ3v) is 3.72. The molecule has 2 aromatic carbocycles. The zero-order chi connectivity index (χ0) is 15.0. The van der Waals surface area contributed by atoms with Crippen LogP contribution in [0.25, 0.3) is 0 Å². The molecule has 1 atom stereocenters. The second kappa shape index (κ2) is 5.12. The van der Waals surface area contributed by atoms with Crippen LogP contribution in [0, 0.1) is 21.7 Å². The molecule has 1 N–H and O–H groups in total. The molecule has 0 saturated carbocycles. The molecule has 0 bridgehead atoms. The molecule has 1 aliphatic rings. The summed E-state index contributed by atoms with van der Waals surface area (Å²) in [6.45, 7) is 0. The van der Waals surface area contributed by atoms with Gasteiger partial charge in [0.25, 0.3) is 5.69 Å². The molecule has 0 amide bonds. The highest BCUT2D eigenvalue weighted by molar-refractivity contribution is 5.63. The first-order valence-electron chi connectivity index (χ1n) is 6.54. The predicted octanol–water partition coefficient (Wildman–Crippen LogP) is 3.97. The van der Waals surface area contributed by atoms with Gasteiger partial charge in [-0.2, -0.15) is 0 Å². The standard InChI is InChI=1S/C15H12F2N2O2/c16-11-4-1-3-10-9(11)7-8-13(10)18-15-12(17)5-2-6-14(15)19(20)21/h1-6,13,18H,7-8H2. The maximum atomic E-state index is 13.9. The predicted molar refractivity (Wildman–Crippen MR) is 74.1 cm³/mol. The summed E-state index contributed by atoms with van der Waals surface area (Å²) >= 11 is 0. The molecular weight excluding hydrogens is 278 g/mol. The van der Waals surface area contributed by atoms with Gasteiger partial charge in [0.05, 0.1) is 11.0 Å². The Labute approximate surface area is 119 Å². The summed E-state index contributed by atoms with van der Waals surface area (Å²) < 4.78 is 27.6. The second-order valence-electron chi connectivity index (χ2n) is 4.93. The maximum absolute atomic E-state index is 13.9. The lowest BCUT2D eigenvalue weighted by atomic mass is 10.1. The Hall–Kier alpha value is -2.50. The summed E-state index contributed by atoms with van der Waals surface area (Å²) in [4.78, 5) is 10.4. The molecule has 0 fully saturated rings. The van der Waals surface area contributed by atoms with Gasteiger partial charge >= 0.3 is 0 Å². The van der Waals surface area contributed by atoms with E-state index in [1.165, 1.54) is 18.2 Å². The Kier molecular flexibility index (Phi) is 3.29. The number of nitrogens with one attached hydrogen (secondary N) is 1. The molecule has 3 rings (SSSR count). The number of anilines is 1. The van der Waals surface area contributed by atoms with Gasteiger partial charge in [-0.15, -0.1) is 0 Å². The Bertz CT molecular complexity index is 719. The summed E-state index contributed by atoms with van der Waals surface area (Å²) in [5.74, 6) is -0.978. The van der Waals surface area contributed by atoms with E-state index >= 15 is 0 Å². The Morgan fingerprint density at radius 1 is 1.14 bits per heavy atom. The first-order valence-corrected chi connectivity index (χ1v) is 6.54. The monoisotopic (exact) mass is 290 g/mol. The number of fused-ring (bicyclic) bond motifs is 1. The number of hydrogen-bond acceptors (Lipinski definition) is 3. The van der Waals surface area contributed by atoms with E-state index in [-0.39, 0.29) is 23.2 Å². The van der Waals surface area contributed by atoms with E-state index in [4.69, 9.17) is 0 Å². The average Bonchev–Trinajstić information content (AvgIpc) is 2.85. The third-order valence-electron chi connectivity index (χ3n) is 3.72. The first kappa shape index (κ1) is 13.5. The van der Waals surface area contributed by atoms with Crippen LogP contribution in [0.5, 0.6) is 0 Å². The fourth-order valence-corrected chi connectivity index (χ4v) is 2.74. The second-order valence-corrected chi connectivity index (χ2v) is 4.93. The van der Waals surface area contributed by atoms with Gasteiger partial charge in [-0.1, -0.05) is 18.2 Å². The van der Waals surface area contributed by atoms with Crippen molar-refractivity contribution in [2.24, 2.45) is 0 Å². The fraction of sp³-hybridized carbons (Fsp3) is 0.200. The van der Waals surface area contributed by atoms with Gasteiger partial charge in [-0.25, -0.2) is 8.78 Å². The molecule has 2 aromatic rings. The summed E-state index contributed by atoms with van der Waals surface area (Å²) in [7, 11) is 0. The third kappa shape index (κ3) is 2.33. The maximum Gasteiger partial charge on any atom is 0.295 e. The van der Waals surface area contributed by atoms with E-state index in [1.807, 2.05) is 0 Å². The number of nitro groups is 1. The molecule has 21 heavy (non-hydrogen) atoms. The highest BCUT2D eigenvalue weighted by atomic mass is 19.1. The number of hydrogen-bond donors (Lipinski definition) is 1. The van der Waals surface area contributed by atoms with Crippen LogP contribution in [0.2, 0.25) is 0 Å². The van der Waals surface area contributed by atoms with Crippen LogP contribution in [-0.4, -0.2) is 4.92 Å². The van der Waals surface area contributed by atoms with Crippen molar-refractivity contribution in [3.8, 4) is 0 Å². The van der Waals surface area contributed by atoms with E-state index in [0.29, 0.717) is 18.4 Å². The molecule has 0 spiro atoms. The van der Waals surface area contributed by atoms with Crippen LogP contribution in [-0.2, 0) is 6.42 Å². The molecule has 4 nitrogen and oxygen atoms in total. The molecule has 1 aliphatic carbocycles. The number of para-hydroxylation sites is 1. The zero-order valence-electron chi connectivity index (χ0n) is 11.0. The van der Waals surface area contributed by atoms with E-state index in [1.54, 1.807) is 12.1 Å². The number of nitrogens with zero attached hydrogens (tertiary/aromatic N) is 1. The summed E-state index contributed by atoms with van der Waals surface area (Å²) in [6.07, 6.45) is 1.10. The van der Waals surface area contributed by atoms with Crippen molar-refractivity contribution in [1.82, 2.24) is 0 Å². The van der Waals surface area contributed by atoms with Crippen molar-refractivity contribution >= 4 is 11.4 Å². The Morgan fingerprint density at radius 3 is 2.62 bits per heavy atom. The number of rotatable bonds is 3. The molecule has 1 unspecified atom stereocenters. The first-order chi connectivity index (χ1) is 10.1. The Balaban J connectivity index is 1.97. The van der Waals surface area contributed by atoms with Crippen LogP contribution in [0.4, 0.5) is 20.2 Å². The van der Waals surface area contributed by atoms with Crippen molar-refractivity contribution in [2.75, 3.05) is 5.32 Å². The minimum Gasteiger partial charge on any atom is -0.370 e. The molecule has 108 valence electrons. The van der Waals surface area contributed by atoms with Crippen molar-refractivity contribution in [3.05, 3.63) is 69.3 Å². The van der Waals surface area contributed by atoms with Gasteiger partial charge in [0.1, 0.15) is 11.5 Å². The topological polar surface area (TPSA) is 55.2 Å². The van der Waals surface area contributed by atoms with Crippen LogP contribution in [0.1, 0.15) is 23.6 Å². The lowest BCUT2D eigenvalue weighted by Gasteiger charge is -2.16. The van der Waals surface area contributed by atoms with Crippen molar-refractivity contribution in [1.29, 1.82) is 0 Å². The molecule has 0 heterocycles. The van der Waals surface area contributed by atoms with E-state index in [9.17, 15) is 18.9 Å². The van der Waals surface area contributed by atoms with Gasteiger partial charge in [-0.3, -0.25) is 10.1 Å². The van der Waals surface area contributed by atoms with E-state index in [0.717, 1.165) is 11.6 Å². The lowest BCUT2D eigenvalue weighted by Crippen LogP contribution is -2.10. The van der Waals surface area contributed by atoms with Gasteiger partial charge in [0, 0.05) is 6.07 Å². The quantitative estimate of drug-likeness (QED) is 0.687. The zero-order valence-corrected chi connectivity index (χ0v) is 11.0. The van der Waals surface area contributed by atoms with Crippen LogP contribution < -0.4 is 5.32 Å². The van der Waals surface area contributed by atoms with Crippen molar-refractivity contribution in [2.45, 2.75) is 18.9 Å². The largest absolute Gasteiger partial charge is 0.370 e. The molecule has 0 aromatic heterocycles. The molecule has 0 aliphatic heterocycles. The highest BCUT2D eigenvalue weighted by Gasteiger charge is 2.28. The normalized spacial score (nSPS) is 16.6. The van der Waals surface area contributed by atoms with Crippen molar-refractivity contribution < 1.29 is 13.7 Å². The number of nitro benzene ring substituents is 1. The van der Waals surface area contributed by atoms with Gasteiger partial charge in [-0.05, 0) is 36.1 Å². The fourth-order valence-electron chi connectivity index (χ4n) is 2.74. The van der Waals surface area contributed by atoms with Crippen LogP contribution in [0.3, 0.4) is 0 Å². The smallest absolute Gasteiger partial charge is 0.295 e. The molecule has 0 saturated heterocycles. The Morgan fingerprint density at radius 2 is 1.86 bits per heavy atom. The lowest BCUT2D eigenvalue weighted by molar-refractivity contribution is -0.384. The SMILES string of the molecule is O=[N+]([O-])c1cccc(F)c1NC1CCc2c(F)cccc21. The van der Waals surface area contributed by atoms with Crippen LogP contribution in [0.15, 0.2) is 36.4 Å². The van der Waals surface area contributed by atoms with Gasteiger partial charge in [0.2, 0.25) is 0 Å². The average molecular weight is 290 g/mol. The minimum absolute atomic E-state index is 0.149. The summed E-state index contributed by atoms with van der Waals surface area (Å²) in [5.41, 5.74) is 0.853. The molecule has 6 heteroatoms. The summed E-state index contributed by atoms with van der Waals surface area (Å²) in [6, 6.07) is 8.10.